The summed E-state index contributed by atoms with van der Waals surface area (Å²) < 4.78 is 16.3. The van der Waals surface area contributed by atoms with E-state index >= 15 is 0 Å². The molecule has 3 aliphatic rings. The van der Waals surface area contributed by atoms with Gasteiger partial charge >= 0.3 is 0 Å². The Morgan fingerprint density at radius 3 is 2.84 bits per heavy atom. The van der Waals surface area contributed by atoms with E-state index in [1.807, 2.05) is 30.2 Å². The molecule has 0 aliphatic carbocycles. The minimum atomic E-state index is -0.281. The third-order valence-electron chi connectivity index (χ3n) is 5.18. The molecular formula is C17H18FN7. The molecule has 0 saturated carbocycles. The number of anilines is 2. The van der Waals surface area contributed by atoms with Crippen molar-refractivity contribution < 1.29 is 4.39 Å². The van der Waals surface area contributed by atoms with Gasteiger partial charge in [-0.25, -0.2) is 23.9 Å². The number of hydrogen-bond acceptors (Lipinski definition) is 6. The van der Waals surface area contributed by atoms with E-state index in [1.54, 1.807) is 10.7 Å². The van der Waals surface area contributed by atoms with E-state index in [0.717, 1.165) is 31.0 Å². The molecule has 0 aromatic carbocycles. The van der Waals surface area contributed by atoms with Crippen LogP contribution in [-0.4, -0.2) is 49.7 Å². The summed E-state index contributed by atoms with van der Waals surface area (Å²) in [4.78, 5) is 17.3. The molecule has 3 aromatic heterocycles. The van der Waals surface area contributed by atoms with E-state index in [0.29, 0.717) is 30.0 Å². The first-order chi connectivity index (χ1) is 12.2. The minimum absolute atomic E-state index is 0.281. The van der Waals surface area contributed by atoms with E-state index < -0.39 is 0 Å². The van der Waals surface area contributed by atoms with E-state index in [9.17, 15) is 4.39 Å². The van der Waals surface area contributed by atoms with Gasteiger partial charge in [0.1, 0.15) is 12.1 Å². The van der Waals surface area contributed by atoms with E-state index in [4.69, 9.17) is 4.98 Å². The Kier molecular flexibility index (Phi) is 3.13. The summed E-state index contributed by atoms with van der Waals surface area (Å²) in [6.45, 7) is 3.41. The maximum Gasteiger partial charge on any atom is 0.187 e. The van der Waals surface area contributed by atoms with Gasteiger partial charge in [-0.3, -0.25) is 0 Å². The summed E-state index contributed by atoms with van der Waals surface area (Å²) in [5.41, 5.74) is 1.32. The molecular weight excluding hydrogens is 321 g/mol. The van der Waals surface area contributed by atoms with Gasteiger partial charge in [0.2, 0.25) is 0 Å². The fourth-order valence-corrected chi connectivity index (χ4v) is 3.97. The summed E-state index contributed by atoms with van der Waals surface area (Å²) in [5.74, 6) is 1.11. The van der Waals surface area contributed by atoms with Gasteiger partial charge in [0, 0.05) is 25.4 Å². The summed E-state index contributed by atoms with van der Waals surface area (Å²) in [5, 5.41) is 4.18. The molecule has 6 heterocycles. The van der Waals surface area contributed by atoms with Crippen LogP contribution in [-0.2, 0) is 6.42 Å². The Bertz CT molecular complexity index is 928. The van der Waals surface area contributed by atoms with Gasteiger partial charge in [-0.15, -0.1) is 0 Å². The highest BCUT2D eigenvalue weighted by molar-refractivity contribution is 5.55. The lowest BCUT2D eigenvalue weighted by Gasteiger charge is -2.57. The van der Waals surface area contributed by atoms with Crippen molar-refractivity contribution in [3.8, 4) is 0 Å². The lowest BCUT2D eigenvalue weighted by atomic mass is 9.87. The van der Waals surface area contributed by atoms with Crippen LogP contribution in [0.25, 0.3) is 5.65 Å². The lowest BCUT2D eigenvalue weighted by molar-refractivity contribution is 0.286. The fourth-order valence-electron chi connectivity index (χ4n) is 3.97. The first-order valence-electron chi connectivity index (χ1n) is 8.57. The van der Waals surface area contributed by atoms with Crippen molar-refractivity contribution in [3.05, 3.63) is 42.4 Å². The van der Waals surface area contributed by atoms with E-state index in [-0.39, 0.29) is 5.82 Å². The van der Waals surface area contributed by atoms with Crippen molar-refractivity contribution in [3.63, 3.8) is 0 Å². The van der Waals surface area contributed by atoms with Crippen molar-refractivity contribution in [1.82, 2.24) is 24.6 Å². The van der Waals surface area contributed by atoms with Gasteiger partial charge in [-0.05, 0) is 18.9 Å². The highest BCUT2D eigenvalue weighted by Crippen LogP contribution is 2.38. The first kappa shape index (κ1) is 14.6. The zero-order chi connectivity index (χ0) is 17.0. The summed E-state index contributed by atoms with van der Waals surface area (Å²) in [7, 11) is 0. The molecule has 2 bridgehead atoms. The molecule has 8 heteroatoms. The number of aryl methyl sites for hydroxylation is 1. The van der Waals surface area contributed by atoms with Crippen LogP contribution in [0.1, 0.15) is 19.0 Å². The Balaban J connectivity index is 1.40. The van der Waals surface area contributed by atoms with E-state index in [1.165, 1.54) is 6.33 Å². The molecule has 0 spiro atoms. The SMILES string of the molecule is CCc1ncnc(N2CC3CC(C2)N3c2ccn3nccc3n2)c1F. The lowest BCUT2D eigenvalue weighted by Crippen LogP contribution is -2.69. The van der Waals surface area contributed by atoms with Crippen molar-refractivity contribution in [1.29, 1.82) is 0 Å². The van der Waals surface area contributed by atoms with Crippen LogP contribution in [0, 0.1) is 5.82 Å². The largest absolute Gasteiger partial charge is 0.350 e. The fraction of sp³-hybridized carbons (Fsp3) is 0.412. The van der Waals surface area contributed by atoms with Crippen molar-refractivity contribution in [2.24, 2.45) is 0 Å². The molecule has 0 N–H and O–H groups in total. The molecule has 3 saturated heterocycles. The van der Waals surface area contributed by atoms with Crippen LogP contribution in [0.5, 0.6) is 0 Å². The van der Waals surface area contributed by atoms with Crippen molar-refractivity contribution >= 4 is 17.3 Å². The zero-order valence-electron chi connectivity index (χ0n) is 13.9. The molecule has 2 atom stereocenters. The number of aromatic nitrogens is 5. The van der Waals surface area contributed by atoms with Crippen LogP contribution in [0.2, 0.25) is 0 Å². The number of piperidine rings is 1. The third-order valence-corrected chi connectivity index (χ3v) is 5.18. The number of halogens is 1. The molecule has 0 radical (unpaired) electrons. The number of hydrogen-bond donors (Lipinski definition) is 0. The van der Waals surface area contributed by atoms with Gasteiger partial charge < -0.3 is 9.80 Å². The smallest absolute Gasteiger partial charge is 0.187 e. The Morgan fingerprint density at radius 2 is 2.04 bits per heavy atom. The molecule has 3 aliphatic heterocycles. The Morgan fingerprint density at radius 1 is 1.20 bits per heavy atom. The quantitative estimate of drug-likeness (QED) is 0.724. The molecule has 25 heavy (non-hydrogen) atoms. The maximum absolute atomic E-state index is 14.6. The molecule has 0 amide bonds. The van der Waals surface area contributed by atoms with Crippen LogP contribution in [0.4, 0.5) is 16.0 Å². The third kappa shape index (κ3) is 2.16. The second-order valence-electron chi connectivity index (χ2n) is 6.59. The molecule has 3 aromatic rings. The molecule has 3 fully saturated rings. The van der Waals surface area contributed by atoms with Crippen LogP contribution >= 0.6 is 0 Å². The number of rotatable bonds is 3. The highest BCUT2D eigenvalue weighted by Gasteiger charge is 2.46. The van der Waals surface area contributed by atoms with Crippen LogP contribution < -0.4 is 9.80 Å². The Hall–Kier alpha value is -2.77. The molecule has 2 unspecified atom stereocenters. The van der Waals surface area contributed by atoms with E-state index in [2.05, 4.69) is 20.0 Å². The monoisotopic (exact) mass is 339 g/mol. The summed E-state index contributed by atoms with van der Waals surface area (Å²) >= 11 is 0. The van der Waals surface area contributed by atoms with Crippen molar-refractivity contribution in [2.45, 2.75) is 31.8 Å². The second kappa shape index (κ2) is 5.37. The highest BCUT2D eigenvalue weighted by atomic mass is 19.1. The van der Waals surface area contributed by atoms with Crippen molar-refractivity contribution in [2.75, 3.05) is 22.9 Å². The summed E-state index contributed by atoms with van der Waals surface area (Å²) in [6, 6.07) is 4.55. The minimum Gasteiger partial charge on any atom is -0.350 e. The normalized spacial score (nSPS) is 22.3. The standard InChI is InChI=1S/C17H18FN7/c1-2-13-16(18)17(20-10-19-13)23-8-11-7-12(9-23)25(11)15-4-6-24-14(22-15)3-5-21-24/h3-6,10-12H,2,7-9H2,1H3. The maximum atomic E-state index is 14.6. The number of piperazine rings is 1. The Labute approximate surface area is 144 Å². The van der Waals surface area contributed by atoms with Gasteiger partial charge in [-0.1, -0.05) is 6.92 Å². The van der Waals surface area contributed by atoms with Crippen LogP contribution in [0.3, 0.4) is 0 Å². The van der Waals surface area contributed by atoms with Gasteiger partial charge in [-0.2, -0.15) is 5.10 Å². The van der Waals surface area contributed by atoms with Gasteiger partial charge in [0.25, 0.3) is 0 Å². The predicted octanol–water partition coefficient (Wildman–Crippen LogP) is 1.69. The first-order valence-corrected chi connectivity index (χ1v) is 8.57. The van der Waals surface area contributed by atoms with Gasteiger partial charge in [0.05, 0.1) is 24.0 Å². The number of nitrogens with zero attached hydrogens (tertiary/aromatic N) is 7. The summed E-state index contributed by atoms with van der Waals surface area (Å²) in [6.07, 6.45) is 6.82. The molecule has 7 nitrogen and oxygen atoms in total. The molecule has 6 rings (SSSR count). The average molecular weight is 339 g/mol. The van der Waals surface area contributed by atoms with Gasteiger partial charge in [0.15, 0.2) is 17.3 Å². The average Bonchev–Trinajstić information content (AvgIpc) is 3.10. The number of fused-ring (bicyclic) bond motifs is 3. The zero-order valence-corrected chi connectivity index (χ0v) is 13.9. The molecule has 128 valence electrons. The second-order valence-corrected chi connectivity index (χ2v) is 6.59. The predicted molar refractivity (Wildman–Crippen MR) is 91.2 cm³/mol. The van der Waals surface area contributed by atoms with Crippen LogP contribution in [0.15, 0.2) is 30.9 Å². The topological polar surface area (TPSA) is 62.5 Å².